The smallest absolute Gasteiger partial charge is 0.00109 e. The van der Waals surface area contributed by atoms with E-state index in [1.165, 1.54) is 27.8 Å². The van der Waals surface area contributed by atoms with Crippen molar-refractivity contribution in [2.24, 2.45) is 11.1 Å². The minimum atomic E-state index is 0.214. The van der Waals surface area contributed by atoms with Gasteiger partial charge >= 0.3 is 0 Å². The topological polar surface area (TPSA) is 26.0 Å². The van der Waals surface area contributed by atoms with Crippen molar-refractivity contribution in [3.8, 4) is 0 Å². The molecule has 3 rings (SSSR count). The Kier molecular flexibility index (Phi) is 3.39. The number of benzene rings is 2. The van der Waals surface area contributed by atoms with E-state index in [9.17, 15) is 0 Å². The van der Waals surface area contributed by atoms with Crippen molar-refractivity contribution in [3.63, 3.8) is 0 Å². The van der Waals surface area contributed by atoms with E-state index < -0.39 is 0 Å². The molecular weight excluding hydrogens is 242 g/mol. The highest BCUT2D eigenvalue weighted by Gasteiger charge is 2.35. The summed E-state index contributed by atoms with van der Waals surface area (Å²) in [7, 11) is 0. The van der Waals surface area contributed by atoms with E-state index in [1.807, 2.05) is 0 Å². The van der Waals surface area contributed by atoms with Crippen LogP contribution in [0.2, 0.25) is 0 Å². The van der Waals surface area contributed by atoms with E-state index in [0.29, 0.717) is 0 Å². The van der Waals surface area contributed by atoms with E-state index in [0.717, 1.165) is 25.8 Å². The Morgan fingerprint density at radius 1 is 0.950 bits per heavy atom. The predicted octanol–water partition coefficient (Wildman–Crippen LogP) is 3.59. The molecule has 0 fully saturated rings. The Balaban J connectivity index is 1.87. The molecule has 20 heavy (non-hydrogen) atoms. The molecule has 1 aliphatic carbocycles. The lowest BCUT2D eigenvalue weighted by Crippen LogP contribution is -2.33. The van der Waals surface area contributed by atoms with Crippen molar-refractivity contribution in [1.82, 2.24) is 0 Å². The molecule has 0 radical (unpaired) electrons. The van der Waals surface area contributed by atoms with Gasteiger partial charge in [0, 0.05) is 0 Å². The Labute approximate surface area is 121 Å². The van der Waals surface area contributed by atoms with Crippen LogP contribution in [-0.2, 0) is 19.3 Å². The summed E-state index contributed by atoms with van der Waals surface area (Å²) in [5.41, 5.74) is 13.5. The van der Waals surface area contributed by atoms with Crippen molar-refractivity contribution >= 4 is 0 Å². The zero-order valence-electron chi connectivity index (χ0n) is 12.4. The summed E-state index contributed by atoms with van der Waals surface area (Å²) in [6.45, 7) is 5.12. The predicted molar refractivity (Wildman–Crippen MR) is 85.0 cm³/mol. The van der Waals surface area contributed by atoms with Gasteiger partial charge in [0.15, 0.2) is 0 Å². The van der Waals surface area contributed by atoms with Crippen LogP contribution in [0.25, 0.3) is 0 Å². The van der Waals surface area contributed by atoms with Crippen LogP contribution in [0, 0.1) is 19.3 Å². The van der Waals surface area contributed by atoms with Crippen molar-refractivity contribution in [2.75, 3.05) is 6.54 Å². The lowest BCUT2D eigenvalue weighted by molar-refractivity contribution is 0.315. The van der Waals surface area contributed by atoms with Gasteiger partial charge in [-0.15, -0.1) is 0 Å². The maximum atomic E-state index is 6.16. The third kappa shape index (κ3) is 2.38. The number of nitrogens with two attached hydrogens (primary N) is 1. The SMILES string of the molecule is Cc1ccc(CC2(CN)Cc3ccccc3C2)cc1C. The van der Waals surface area contributed by atoms with E-state index in [2.05, 4.69) is 56.3 Å². The first kappa shape index (κ1) is 13.4. The number of fused-ring (bicyclic) bond motifs is 1. The standard InChI is InChI=1S/C19H23N/c1-14-7-8-16(9-15(14)2)10-19(13-20)11-17-5-3-4-6-18(17)12-19/h3-9H,10-13,20H2,1-2H3. The van der Waals surface area contributed by atoms with E-state index >= 15 is 0 Å². The molecule has 0 amide bonds. The van der Waals surface area contributed by atoms with Crippen LogP contribution in [0.3, 0.4) is 0 Å². The highest BCUT2D eigenvalue weighted by Crippen LogP contribution is 2.39. The van der Waals surface area contributed by atoms with Gasteiger partial charge in [0.2, 0.25) is 0 Å². The molecule has 0 heterocycles. The van der Waals surface area contributed by atoms with Crippen molar-refractivity contribution in [1.29, 1.82) is 0 Å². The van der Waals surface area contributed by atoms with Gasteiger partial charge in [-0.3, -0.25) is 0 Å². The highest BCUT2D eigenvalue weighted by atomic mass is 14.6. The first-order valence-electron chi connectivity index (χ1n) is 7.45. The van der Waals surface area contributed by atoms with E-state index in [-0.39, 0.29) is 5.41 Å². The molecule has 2 N–H and O–H groups in total. The second kappa shape index (κ2) is 5.06. The lowest BCUT2D eigenvalue weighted by atomic mass is 9.78. The molecule has 0 atom stereocenters. The molecule has 2 aromatic rings. The molecule has 0 saturated carbocycles. The summed E-state index contributed by atoms with van der Waals surface area (Å²) < 4.78 is 0. The molecule has 0 unspecified atom stereocenters. The first-order valence-corrected chi connectivity index (χ1v) is 7.45. The second-order valence-corrected chi connectivity index (χ2v) is 6.42. The van der Waals surface area contributed by atoms with Gasteiger partial charge in [-0.25, -0.2) is 0 Å². The van der Waals surface area contributed by atoms with Gasteiger partial charge in [-0.05, 0) is 72.9 Å². The fourth-order valence-electron chi connectivity index (χ4n) is 3.46. The second-order valence-electron chi connectivity index (χ2n) is 6.42. The molecule has 0 aliphatic heterocycles. The van der Waals surface area contributed by atoms with Gasteiger partial charge in [0.25, 0.3) is 0 Å². The number of hydrogen-bond acceptors (Lipinski definition) is 1. The monoisotopic (exact) mass is 265 g/mol. The normalized spacial score (nSPS) is 16.1. The van der Waals surface area contributed by atoms with E-state index in [1.54, 1.807) is 0 Å². The summed E-state index contributed by atoms with van der Waals surface area (Å²) in [6.07, 6.45) is 3.32. The molecule has 1 nitrogen and oxygen atoms in total. The molecule has 0 saturated heterocycles. The van der Waals surface area contributed by atoms with Gasteiger partial charge in [-0.1, -0.05) is 42.5 Å². The van der Waals surface area contributed by atoms with Crippen LogP contribution in [0.5, 0.6) is 0 Å². The fraction of sp³-hybridized carbons (Fsp3) is 0.368. The van der Waals surface area contributed by atoms with Crippen molar-refractivity contribution in [2.45, 2.75) is 33.1 Å². The Hall–Kier alpha value is -1.60. The van der Waals surface area contributed by atoms with Crippen molar-refractivity contribution in [3.05, 3.63) is 70.3 Å². The number of rotatable bonds is 3. The first-order chi connectivity index (χ1) is 9.62. The highest BCUT2D eigenvalue weighted by molar-refractivity contribution is 5.37. The molecule has 2 aromatic carbocycles. The van der Waals surface area contributed by atoms with Gasteiger partial charge in [-0.2, -0.15) is 0 Å². The van der Waals surface area contributed by atoms with Crippen LogP contribution >= 0.6 is 0 Å². The quantitative estimate of drug-likeness (QED) is 0.901. The molecule has 0 aromatic heterocycles. The number of aryl methyl sites for hydroxylation is 2. The van der Waals surface area contributed by atoms with Gasteiger partial charge in [0.1, 0.15) is 0 Å². The maximum Gasteiger partial charge on any atom is -0.00109 e. The summed E-state index contributed by atoms with van der Waals surface area (Å²) in [5.74, 6) is 0. The zero-order valence-corrected chi connectivity index (χ0v) is 12.4. The molecule has 0 spiro atoms. The third-order valence-corrected chi connectivity index (χ3v) is 4.83. The Morgan fingerprint density at radius 3 is 2.15 bits per heavy atom. The molecular formula is C19H23N. The largest absolute Gasteiger partial charge is 0.330 e. The molecule has 104 valence electrons. The van der Waals surface area contributed by atoms with Crippen LogP contribution < -0.4 is 5.73 Å². The van der Waals surface area contributed by atoms with Crippen molar-refractivity contribution < 1.29 is 0 Å². The van der Waals surface area contributed by atoms with Crippen LogP contribution in [-0.4, -0.2) is 6.54 Å². The Bertz CT molecular complexity index is 602. The zero-order chi connectivity index (χ0) is 14.2. The summed E-state index contributed by atoms with van der Waals surface area (Å²) in [4.78, 5) is 0. The minimum absolute atomic E-state index is 0.214. The minimum Gasteiger partial charge on any atom is -0.330 e. The lowest BCUT2D eigenvalue weighted by Gasteiger charge is -2.27. The molecule has 1 aliphatic rings. The summed E-state index contributed by atoms with van der Waals surface area (Å²) in [5, 5.41) is 0. The Morgan fingerprint density at radius 2 is 1.60 bits per heavy atom. The van der Waals surface area contributed by atoms with Gasteiger partial charge in [0.05, 0.1) is 0 Å². The number of hydrogen-bond donors (Lipinski definition) is 1. The fourth-order valence-corrected chi connectivity index (χ4v) is 3.46. The van der Waals surface area contributed by atoms with Crippen LogP contribution in [0.15, 0.2) is 42.5 Å². The van der Waals surface area contributed by atoms with Gasteiger partial charge < -0.3 is 5.73 Å². The van der Waals surface area contributed by atoms with E-state index in [4.69, 9.17) is 5.73 Å². The average molecular weight is 265 g/mol. The molecule has 1 heteroatoms. The van der Waals surface area contributed by atoms with Crippen LogP contribution in [0.4, 0.5) is 0 Å². The average Bonchev–Trinajstić information content (AvgIpc) is 2.81. The third-order valence-electron chi connectivity index (χ3n) is 4.83. The molecule has 0 bridgehead atoms. The maximum absolute atomic E-state index is 6.16. The summed E-state index contributed by atoms with van der Waals surface area (Å²) in [6, 6.07) is 15.6. The summed E-state index contributed by atoms with van der Waals surface area (Å²) >= 11 is 0. The van der Waals surface area contributed by atoms with Crippen LogP contribution in [0.1, 0.15) is 27.8 Å².